The lowest BCUT2D eigenvalue weighted by atomic mass is 10.0. The van der Waals surface area contributed by atoms with Crippen molar-refractivity contribution in [3.8, 4) is 22.7 Å². The average Bonchev–Trinajstić information content (AvgIpc) is 3.06. The lowest BCUT2D eigenvalue weighted by Gasteiger charge is -2.15. The number of aryl methyl sites for hydroxylation is 3. The van der Waals surface area contributed by atoms with Crippen LogP contribution in [0.5, 0.6) is 5.75 Å². The quantitative estimate of drug-likeness (QED) is 0.489. The molecule has 4 aromatic rings. The van der Waals surface area contributed by atoms with E-state index in [2.05, 4.69) is 15.4 Å². The van der Waals surface area contributed by atoms with Crippen LogP contribution in [-0.4, -0.2) is 24.8 Å². The van der Waals surface area contributed by atoms with Crippen LogP contribution >= 0.6 is 11.6 Å². The largest absolute Gasteiger partial charge is 0.486 e. The Bertz CT molecular complexity index is 1280. The number of rotatable bonds is 5. The lowest BCUT2D eigenvalue weighted by Crippen LogP contribution is -2.22. The zero-order valence-electron chi connectivity index (χ0n) is 16.8. The molecule has 0 aliphatic carbocycles. The van der Waals surface area contributed by atoms with Gasteiger partial charge in [-0.2, -0.15) is 9.36 Å². The molecule has 30 heavy (non-hydrogen) atoms. The van der Waals surface area contributed by atoms with Crippen molar-refractivity contribution in [1.82, 2.24) is 24.8 Å². The number of halogens is 1. The topological polar surface area (TPSA) is 74.8 Å². The third-order valence-corrected chi connectivity index (χ3v) is 5.19. The van der Waals surface area contributed by atoms with E-state index < -0.39 is 0 Å². The summed E-state index contributed by atoms with van der Waals surface area (Å²) in [6, 6.07) is 15.2. The summed E-state index contributed by atoms with van der Waals surface area (Å²) in [6.45, 7) is 4.29. The number of benzene rings is 2. The minimum Gasteiger partial charge on any atom is -0.486 e. The van der Waals surface area contributed by atoms with Gasteiger partial charge >= 0.3 is 5.69 Å². The maximum Gasteiger partial charge on any atom is 0.368 e. The van der Waals surface area contributed by atoms with E-state index in [1.807, 2.05) is 56.3 Å². The van der Waals surface area contributed by atoms with Crippen molar-refractivity contribution in [2.75, 3.05) is 0 Å². The van der Waals surface area contributed by atoms with Gasteiger partial charge in [-0.15, -0.1) is 0 Å². The molecule has 0 bridgehead atoms. The van der Waals surface area contributed by atoms with Gasteiger partial charge in [-0.3, -0.25) is 4.98 Å². The van der Waals surface area contributed by atoms with Crippen LogP contribution in [0, 0.1) is 13.8 Å². The van der Waals surface area contributed by atoms with Gasteiger partial charge in [0, 0.05) is 18.8 Å². The summed E-state index contributed by atoms with van der Waals surface area (Å²) in [6.07, 6.45) is 1.72. The number of nitrogens with zero attached hydrogens (tertiary/aromatic N) is 5. The van der Waals surface area contributed by atoms with Crippen LogP contribution in [0.3, 0.4) is 0 Å². The highest BCUT2D eigenvalue weighted by molar-refractivity contribution is 6.33. The predicted molar refractivity (Wildman–Crippen MR) is 115 cm³/mol. The molecule has 7 nitrogen and oxygen atoms in total. The Morgan fingerprint density at radius 2 is 1.87 bits per heavy atom. The van der Waals surface area contributed by atoms with Gasteiger partial charge in [0.25, 0.3) is 0 Å². The summed E-state index contributed by atoms with van der Waals surface area (Å²) in [5.74, 6) is 0.594. The van der Waals surface area contributed by atoms with Gasteiger partial charge in [0.2, 0.25) is 0 Å². The molecule has 0 aliphatic rings. The van der Waals surface area contributed by atoms with Gasteiger partial charge in [-0.05, 0) is 65.2 Å². The molecule has 0 unspecified atom stereocenters. The zero-order valence-corrected chi connectivity index (χ0v) is 17.6. The first kappa shape index (κ1) is 19.8. The molecule has 0 fully saturated rings. The maximum atomic E-state index is 12.3. The molecule has 2 aromatic heterocycles. The summed E-state index contributed by atoms with van der Waals surface area (Å²) in [5.41, 5.74) is 4.90. The van der Waals surface area contributed by atoms with Crippen LogP contribution in [-0.2, 0) is 13.7 Å². The number of hydrogen-bond donors (Lipinski definition) is 0. The zero-order chi connectivity index (χ0) is 21.3. The van der Waals surface area contributed by atoms with Crippen molar-refractivity contribution < 1.29 is 4.74 Å². The van der Waals surface area contributed by atoms with E-state index in [-0.39, 0.29) is 5.69 Å². The molecule has 0 saturated carbocycles. The first-order valence-electron chi connectivity index (χ1n) is 9.38. The number of hydrogen-bond acceptors (Lipinski definition) is 5. The number of aromatic nitrogens is 5. The molecule has 0 saturated heterocycles. The van der Waals surface area contributed by atoms with Crippen molar-refractivity contribution in [1.29, 1.82) is 0 Å². The van der Waals surface area contributed by atoms with Gasteiger partial charge in [0.05, 0.1) is 10.7 Å². The number of para-hydroxylation sites is 1. The van der Waals surface area contributed by atoms with E-state index in [1.165, 1.54) is 9.36 Å². The molecule has 8 heteroatoms. The van der Waals surface area contributed by atoms with Crippen molar-refractivity contribution in [2.24, 2.45) is 7.05 Å². The van der Waals surface area contributed by atoms with Gasteiger partial charge < -0.3 is 4.74 Å². The fraction of sp³-hybridized carbons (Fsp3) is 0.182. The van der Waals surface area contributed by atoms with Crippen LogP contribution in [0.25, 0.3) is 16.9 Å². The van der Waals surface area contributed by atoms with E-state index in [0.717, 1.165) is 27.9 Å². The number of tetrazole rings is 1. The molecule has 0 N–H and O–H groups in total. The maximum absolute atomic E-state index is 12.3. The van der Waals surface area contributed by atoms with Crippen molar-refractivity contribution in [2.45, 2.75) is 20.5 Å². The molecular weight excluding hydrogens is 402 g/mol. The summed E-state index contributed by atoms with van der Waals surface area (Å²) < 4.78 is 8.56. The Morgan fingerprint density at radius 3 is 2.57 bits per heavy atom. The number of ether oxygens (including phenoxy) is 1. The minimum atomic E-state index is -0.335. The monoisotopic (exact) mass is 421 g/mol. The van der Waals surface area contributed by atoms with Crippen molar-refractivity contribution in [3.05, 3.63) is 86.9 Å². The van der Waals surface area contributed by atoms with Crippen LogP contribution < -0.4 is 10.4 Å². The van der Waals surface area contributed by atoms with Gasteiger partial charge in [-0.1, -0.05) is 35.9 Å². The van der Waals surface area contributed by atoms with Crippen molar-refractivity contribution in [3.63, 3.8) is 0 Å². The van der Waals surface area contributed by atoms with E-state index >= 15 is 0 Å². The highest BCUT2D eigenvalue weighted by Gasteiger charge is 2.15. The molecule has 152 valence electrons. The highest BCUT2D eigenvalue weighted by Crippen LogP contribution is 2.29. The Hall–Kier alpha value is -3.45. The van der Waals surface area contributed by atoms with E-state index in [4.69, 9.17) is 16.3 Å². The first-order valence-corrected chi connectivity index (χ1v) is 9.75. The van der Waals surface area contributed by atoms with E-state index in [0.29, 0.717) is 23.1 Å². The fourth-order valence-electron chi connectivity index (χ4n) is 3.21. The molecule has 0 atom stereocenters. The van der Waals surface area contributed by atoms with Gasteiger partial charge in [0.1, 0.15) is 18.0 Å². The average molecular weight is 422 g/mol. The van der Waals surface area contributed by atoms with Gasteiger partial charge in [-0.25, -0.2) is 4.79 Å². The normalized spacial score (nSPS) is 10.9. The molecular formula is C22H20ClN5O2. The lowest BCUT2D eigenvalue weighted by molar-refractivity contribution is 0.301. The first-order chi connectivity index (χ1) is 14.5. The molecule has 0 aliphatic heterocycles. The summed E-state index contributed by atoms with van der Waals surface area (Å²) in [7, 11) is 1.56. The van der Waals surface area contributed by atoms with Crippen LogP contribution in [0.2, 0.25) is 5.02 Å². The van der Waals surface area contributed by atoms with E-state index in [1.54, 1.807) is 19.3 Å². The highest BCUT2D eigenvalue weighted by atomic mass is 35.5. The molecule has 0 radical (unpaired) electrons. The predicted octanol–water partition coefficient (Wildman–Crippen LogP) is 3.88. The Balaban J connectivity index is 1.62. The Labute approximate surface area is 178 Å². The third kappa shape index (κ3) is 3.71. The summed E-state index contributed by atoms with van der Waals surface area (Å²) in [4.78, 5) is 16.7. The molecule has 2 heterocycles. The summed E-state index contributed by atoms with van der Waals surface area (Å²) in [5, 5.41) is 8.33. The second kappa shape index (κ2) is 8.12. The van der Waals surface area contributed by atoms with Crippen LogP contribution in [0.15, 0.2) is 59.5 Å². The standard InChI is InChI=1S/C22H20ClN5O2/c1-14-6-4-8-19(28-22(29)27(3)25-26-28)21(14)30-13-17-10-9-16(12-15(17)2)20-18(23)7-5-11-24-20/h4-12H,13H2,1-3H3. The molecule has 4 rings (SSSR count). The van der Waals surface area contributed by atoms with Crippen LogP contribution in [0.4, 0.5) is 0 Å². The fourth-order valence-corrected chi connectivity index (χ4v) is 3.44. The number of pyridine rings is 1. The molecule has 0 spiro atoms. The van der Waals surface area contributed by atoms with E-state index in [9.17, 15) is 4.79 Å². The Morgan fingerprint density at radius 1 is 1.03 bits per heavy atom. The minimum absolute atomic E-state index is 0.335. The molecule has 2 aromatic carbocycles. The second-order valence-electron chi connectivity index (χ2n) is 6.98. The second-order valence-corrected chi connectivity index (χ2v) is 7.39. The SMILES string of the molecule is Cc1cc(-c2ncccc2Cl)ccc1COc1c(C)cccc1-n1nnn(C)c1=O. The smallest absolute Gasteiger partial charge is 0.368 e. The third-order valence-electron chi connectivity index (χ3n) is 4.89. The van der Waals surface area contributed by atoms with Gasteiger partial charge in [0.15, 0.2) is 0 Å². The molecule has 0 amide bonds. The summed E-state index contributed by atoms with van der Waals surface area (Å²) >= 11 is 6.27. The van der Waals surface area contributed by atoms with Crippen molar-refractivity contribution >= 4 is 11.6 Å². The van der Waals surface area contributed by atoms with Crippen LogP contribution in [0.1, 0.15) is 16.7 Å². The Kier molecular flexibility index (Phi) is 5.37.